The lowest BCUT2D eigenvalue weighted by molar-refractivity contribution is -0.140. The van der Waals surface area contributed by atoms with E-state index in [1.807, 2.05) is 30.3 Å². The number of para-hydroxylation sites is 1. The Bertz CT molecular complexity index is 1470. The van der Waals surface area contributed by atoms with E-state index in [1.54, 1.807) is 4.68 Å². The number of rotatable bonds is 4. The standard InChI is InChI=1S/C22H15F4N5O2S/c23-17-7-6-12(8-16(17)22(24,25)26)28-18(32)9-14-11-34-21-29-19-15(20(33)30(14)21)10-27-31(19)13-4-2-1-3-5-13/h1-8,10,14H,9,11H2,(H,28,32). The minimum atomic E-state index is -4.89. The zero-order valence-electron chi connectivity index (χ0n) is 17.2. The number of carbonyl (C=O) groups is 1. The number of fused-ring (bicyclic) bond motifs is 2. The van der Waals surface area contributed by atoms with E-state index in [4.69, 9.17) is 0 Å². The summed E-state index contributed by atoms with van der Waals surface area (Å²) < 4.78 is 55.3. The van der Waals surface area contributed by atoms with E-state index in [0.717, 1.165) is 11.8 Å². The smallest absolute Gasteiger partial charge is 0.326 e. The summed E-state index contributed by atoms with van der Waals surface area (Å²) in [5, 5.41) is 7.34. The van der Waals surface area contributed by atoms with E-state index in [9.17, 15) is 27.2 Å². The predicted octanol–water partition coefficient (Wildman–Crippen LogP) is 4.42. The molecule has 2 aromatic heterocycles. The molecule has 0 spiro atoms. The second kappa shape index (κ2) is 8.28. The lowest BCUT2D eigenvalue weighted by atomic mass is 10.1. The zero-order valence-corrected chi connectivity index (χ0v) is 18.0. The molecule has 34 heavy (non-hydrogen) atoms. The quantitative estimate of drug-likeness (QED) is 0.339. The number of nitrogens with zero attached hydrogens (tertiary/aromatic N) is 4. The average Bonchev–Trinajstić information content (AvgIpc) is 3.40. The largest absolute Gasteiger partial charge is 0.419 e. The maximum absolute atomic E-state index is 13.5. The molecule has 174 valence electrons. The second-order valence-corrected chi connectivity index (χ2v) is 8.60. The summed E-state index contributed by atoms with van der Waals surface area (Å²) in [4.78, 5) is 30.3. The van der Waals surface area contributed by atoms with Crippen LogP contribution in [0.3, 0.4) is 0 Å². The van der Waals surface area contributed by atoms with E-state index < -0.39 is 29.5 Å². The highest BCUT2D eigenvalue weighted by molar-refractivity contribution is 7.99. The van der Waals surface area contributed by atoms with Crippen LogP contribution in [0, 0.1) is 5.82 Å². The van der Waals surface area contributed by atoms with Crippen molar-refractivity contribution in [2.75, 3.05) is 11.1 Å². The molecule has 1 unspecified atom stereocenters. The molecule has 0 bridgehead atoms. The van der Waals surface area contributed by atoms with Crippen LogP contribution in [-0.2, 0) is 11.0 Å². The number of aromatic nitrogens is 4. The summed E-state index contributed by atoms with van der Waals surface area (Å²) in [6.07, 6.45) is -3.64. The van der Waals surface area contributed by atoms with Gasteiger partial charge in [0.2, 0.25) is 5.91 Å². The minimum absolute atomic E-state index is 0.168. The number of halogens is 4. The third-order valence-electron chi connectivity index (χ3n) is 5.35. The maximum atomic E-state index is 13.5. The van der Waals surface area contributed by atoms with Gasteiger partial charge in [0, 0.05) is 17.9 Å². The molecule has 0 aliphatic carbocycles. The number of anilines is 1. The Morgan fingerprint density at radius 2 is 1.94 bits per heavy atom. The fraction of sp³-hybridized carbons (Fsp3) is 0.182. The topological polar surface area (TPSA) is 81.8 Å². The fourth-order valence-corrected chi connectivity index (χ4v) is 4.92. The van der Waals surface area contributed by atoms with E-state index in [-0.39, 0.29) is 23.1 Å². The summed E-state index contributed by atoms with van der Waals surface area (Å²) >= 11 is 1.30. The lowest BCUT2D eigenvalue weighted by Gasteiger charge is -2.14. The van der Waals surface area contributed by atoms with Crippen LogP contribution in [0.25, 0.3) is 16.7 Å². The van der Waals surface area contributed by atoms with Gasteiger partial charge < -0.3 is 5.32 Å². The molecule has 7 nitrogen and oxygen atoms in total. The van der Waals surface area contributed by atoms with Gasteiger partial charge >= 0.3 is 6.18 Å². The van der Waals surface area contributed by atoms with Gasteiger partial charge in [-0.15, -0.1) is 0 Å². The highest BCUT2D eigenvalue weighted by Gasteiger charge is 2.34. The molecule has 4 aromatic rings. The van der Waals surface area contributed by atoms with Gasteiger partial charge in [0.05, 0.1) is 23.5 Å². The molecule has 5 rings (SSSR count). The van der Waals surface area contributed by atoms with Crippen LogP contribution in [0.15, 0.2) is 64.7 Å². The van der Waals surface area contributed by atoms with Crippen molar-refractivity contribution in [3.63, 3.8) is 0 Å². The molecule has 1 aliphatic rings. The van der Waals surface area contributed by atoms with Crippen molar-refractivity contribution in [3.05, 3.63) is 76.5 Å². The molecule has 0 saturated carbocycles. The Morgan fingerprint density at radius 3 is 2.68 bits per heavy atom. The Labute approximate surface area is 193 Å². The van der Waals surface area contributed by atoms with Crippen molar-refractivity contribution >= 4 is 34.4 Å². The number of nitrogens with one attached hydrogen (secondary N) is 1. The van der Waals surface area contributed by atoms with Crippen LogP contribution in [0.2, 0.25) is 0 Å². The van der Waals surface area contributed by atoms with Crippen molar-refractivity contribution in [1.29, 1.82) is 0 Å². The van der Waals surface area contributed by atoms with Gasteiger partial charge in [0.1, 0.15) is 11.2 Å². The normalized spacial score (nSPS) is 15.5. The Hall–Kier alpha value is -3.67. The van der Waals surface area contributed by atoms with Gasteiger partial charge in [-0.1, -0.05) is 30.0 Å². The second-order valence-electron chi connectivity index (χ2n) is 7.61. The van der Waals surface area contributed by atoms with Crippen LogP contribution in [-0.4, -0.2) is 31.0 Å². The van der Waals surface area contributed by atoms with Crippen molar-refractivity contribution in [1.82, 2.24) is 19.3 Å². The van der Waals surface area contributed by atoms with Gasteiger partial charge in [-0.3, -0.25) is 14.2 Å². The van der Waals surface area contributed by atoms with Gasteiger partial charge in [0.25, 0.3) is 5.56 Å². The first-order chi connectivity index (χ1) is 16.2. The molecular formula is C22H15F4N5O2S. The molecule has 1 atom stereocenters. The number of amides is 1. The average molecular weight is 489 g/mol. The molecular weight excluding hydrogens is 474 g/mol. The number of thioether (sulfide) groups is 1. The maximum Gasteiger partial charge on any atom is 0.419 e. The number of hydrogen-bond acceptors (Lipinski definition) is 5. The summed E-state index contributed by atoms with van der Waals surface area (Å²) in [5.41, 5.74) is -0.872. The molecule has 0 radical (unpaired) electrons. The summed E-state index contributed by atoms with van der Waals surface area (Å²) in [7, 11) is 0. The van der Waals surface area contributed by atoms with Gasteiger partial charge in [-0.25, -0.2) is 14.1 Å². The fourth-order valence-electron chi connectivity index (χ4n) is 3.79. The van der Waals surface area contributed by atoms with Crippen LogP contribution in [0.1, 0.15) is 18.0 Å². The number of benzene rings is 2. The number of carbonyl (C=O) groups excluding carboxylic acids is 1. The summed E-state index contributed by atoms with van der Waals surface area (Å²) in [5.74, 6) is -1.65. The minimum Gasteiger partial charge on any atom is -0.326 e. The highest BCUT2D eigenvalue weighted by atomic mass is 32.2. The SMILES string of the molecule is O=C(CC1CSc2nc3c(cnn3-c3ccccc3)c(=O)n21)Nc1ccc(F)c(C(F)(F)F)c1. The third-order valence-corrected chi connectivity index (χ3v) is 6.45. The molecule has 1 aliphatic heterocycles. The first-order valence-electron chi connectivity index (χ1n) is 10.1. The Balaban J connectivity index is 1.40. The van der Waals surface area contributed by atoms with Crippen molar-refractivity contribution in [2.45, 2.75) is 23.8 Å². The van der Waals surface area contributed by atoms with E-state index in [0.29, 0.717) is 28.7 Å². The number of alkyl halides is 3. The van der Waals surface area contributed by atoms with E-state index in [1.165, 1.54) is 22.5 Å². The molecule has 0 fully saturated rings. The van der Waals surface area contributed by atoms with Crippen LogP contribution in [0.4, 0.5) is 23.2 Å². The first kappa shape index (κ1) is 22.1. The molecule has 12 heteroatoms. The lowest BCUT2D eigenvalue weighted by Crippen LogP contribution is -2.27. The molecule has 2 aromatic carbocycles. The van der Waals surface area contributed by atoms with E-state index >= 15 is 0 Å². The highest BCUT2D eigenvalue weighted by Crippen LogP contribution is 2.35. The van der Waals surface area contributed by atoms with Gasteiger partial charge in [0.15, 0.2) is 10.8 Å². The van der Waals surface area contributed by atoms with Gasteiger partial charge in [-0.2, -0.15) is 18.3 Å². The monoisotopic (exact) mass is 489 g/mol. The first-order valence-corrected chi connectivity index (χ1v) is 11.1. The van der Waals surface area contributed by atoms with Crippen molar-refractivity contribution in [3.8, 4) is 5.69 Å². The Kier molecular flexibility index (Phi) is 5.39. The van der Waals surface area contributed by atoms with Crippen LogP contribution < -0.4 is 10.9 Å². The van der Waals surface area contributed by atoms with Crippen molar-refractivity contribution in [2.24, 2.45) is 0 Å². The molecule has 1 N–H and O–H groups in total. The molecule has 1 amide bonds. The number of hydrogen-bond donors (Lipinski definition) is 1. The van der Waals surface area contributed by atoms with Crippen LogP contribution >= 0.6 is 11.8 Å². The van der Waals surface area contributed by atoms with E-state index in [2.05, 4.69) is 15.4 Å². The Morgan fingerprint density at radius 1 is 1.18 bits per heavy atom. The van der Waals surface area contributed by atoms with Crippen LogP contribution in [0.5, 0.6) is 0 Å². The van der Waals surface area contributed by atoms with Gasteiger partial charge in [-0.05, 0) is 30.3 Å². The summed E-state index contributed by atoms with van der Waals surface area (Å²) in [6, 6.07) is 10.9. The molecule has 3 heterocycles. The zero-order chi connectivity index (χ0) is 24.0. The molecule has 0 saturated heterocycles. The predicted molar refractivity (Wildman–Crippen MR) is 118 cm³/mol. The summed E-state index contributed by atoms with van der Waals surface area (Å²) in [6.45, 7) is 0. The third kappa shape index (κ3) is 3.94. The van der Waals surface area contributed by atoms with Crippen molar-refractivity contribution < 1.29 is 22.4 Å².